The van der Waals surface area contributed by atoms with Crippen molar-refractivity contribution in [2.75, 3.05) is 13.2 Å². The van der Waals surface area contributed by atoms with E-state index in [1.54, 1.807) is 0 Å². The van der Waals surface area contributed by atoms with Crippen LogP contribution in [0.3, 0.4) is 0 Å². The van der Waals surface area contributed by atoms with E-state index in [1.165, 1.54) is 0 Å². The van der Waals surface area contributed by atoms with E-state index in [2.05, 4.69) is 0 Å². The molecule has 73 valence electrons. The maximum absolute atomic E-state index is 9.53. The molecule has 0 bridgehead atoms. The molecule has 3 nitrogen and oxygen atoms in total. The zero-order valence-corrected chi connectivity index (χ0v) is 9.31. The molecule has 0 saturated heterocycles. The van der Waals surface area contributed by atoms with Crippen molar-refractivity contribution in [3.8, 4) is 0 Å². The zero-order chi connectivity index (χ0) is 10.2. The fraction of sp³-hybridized carbons (Fsp3) is 1.00. The summed E-state index contributed by atoms with van der Waals surface area (Å²) in [4.78, 5) is 0. The Morgan fingerprint density at radius 3 is 1.17 bits per heavy atom. The van der Waals surface area contributed by atoms with Gasteiger partial charge < -0.3 is 10.2 Å². The van der Waals surface area contributed by atoms with Crippen molar-refractivity contribution in [2.45, 2.75) is 39.5 Å². The van der Waals surface area contributed by atoms with Crippen molar-refractivity contribution in [1.82, 2.24) is 0 Å². The molecule has 0 aromatic heterocycles. The number of hydrogen-bond acceptors (Lipinski definition) is 3. The van der Waals surface area contributed by atoms with E-state index in [-0.39, 0.29) is 13.2 Å². The Kier molecular flexibility index (Phi) is 45.7. The molecule has 0 aliphatic heterocycles. The van der Waals surface area contributed by atoms with Gasteiger partial charge in [0.1, 0.15) is 0 Å². The molecule has 0 unspecified atom stereocenters. The zero-order valence-electron chi connectivity index (χ0n) is 7.91. The van der Waals surface area contributed by atoms with Gasteiger partial charge in [0.15, 0.2) is 0 Å². The Labute approximate surface area is 84.4 Å². The molecule has 4 heteroatoms. The molecule has 0 spiro atoms. The predicted octanol–water partition coefficient (Wildman–Crippen LogP) is 0.172. The monoisotopic (exact) mass is 213 g/mol. The van der Waals surface area contributed by atoms with Crippen LogP contribution in [0, 0.1) is 0 Å². The fourth-order valence-electron chi connectivity index (χ4n) is 0.289. The van der Waals surface area contributed by atoms with Crippen LogP contribution < -0.4 is 10.2 Å². The van der Waals surface area contributed by atoms with Crippen LogP contribution in [0.2, 0.25) is 0 Å². The summed E-state index contributed by atoms with van der Waals surface area (Å²) in [5, 5.41) is 19.1. The van der Waals surface area contributed by atoms with E-state index in [4.69, 9.17) is 3.67 Å². The van der Waals surface area contributed by atoms with Crippen LogP contribution in [-0.2, 0) is 21.0 Å². The molecule has 0 aromatic carbocycles. The quantitative estimate of drug-likeness (QED) is 0.668. The Morgan fingerprint density at radius 1 is 0.917 bits per heavy atom. The van der Waals surface area contributed by atoms with Crippen molar-refractivity contribution in [3.05, 3.63) is 0 Å². The number of rotatable bonds is 4. The molecule has 0 radical (unpaired) electrons. The summed E-state index contributed by atoms with van der Waals surface area (Å²) in [6, 6.07) is 0. The van der Waals surface area contributed by atoms with Gasteiger partial charge in [-0.2, -0.15) is 0 Å². The van der Waals surface area contributed by atoms with Crippen molar-refractivity contribution in [2.24, 2.45) is 0 Å². The standard InChI is InChI=1S/2C4H9O.O.V/c2*1-2-3-4-5;;/h2*2-4H2,1H3;;/q2*-1;;+2. The Hall–Kier alpha value is 0.304. The van der Waals surface area contributed by atoms with E-state index >= 15 is 0 Å². The van der Waals surface area contributed by atoms with Gasteiger partial charge in [0.25, 0.3) is 0 Å². The summed E-state index contributed by atoms with van der Waals surface area (Å²) >= 11 is 1.06. The van der Waals surface area contributed by atoms with E-state index in [0.717, 1.165) is 43.1 Å². The van der Waals surface area contributed by atoms with Crippen LogP contribution in [0.15, 0.2) is 0 Å². The van der Waals surface area contributed by atoms with Crippen LogP contribution in [0.1, 0.15) is 39.5 Å². The minimum atomic E-state index is 0.0938. The first-order valence-electron chi connectivity index (χ1n) is 4.17. The van der Waals surface area contributed by atoms with Crippen LogP contribution >= 0.6 is 0 Å². The van der Waals surface area contributed by atoms with Crippen molar-refractivity contribution in [1.29, 1.82) is 0 Å². The normalized spacial score (nSPS) is 7.50. The van der Waals surface area contributed by atoms with Gasteiger partial charge in [-0.15, -0.1) is 13.2 Å². The molecule has 0 heterocycles. The first kappa shape index (κ1) is 18.2. The topological polar surface area (TPSA) is 63.2 Å². The van der Waals surface area contributed by atoms with E-state index in [9.17, 15) is 10.2 Å². The maximum atomic E-state index is 9.53. The molecule has 0 aliphatic rings. The van der Waals surface area contributed by atoms with E-state index in [1.807, 2.05) is 13.8 Å². The molecule has 0 atom stereocenters. The van der Waals surface area contributed by atoms with Crippen molar-refractivity contribution >= 4 is 0 Å². The summed E-state index contributed by atoms with van der Waals surface area (Å²) in [7, 11) is 0. The molecule has 0 amide bonds. The molecule has 0 aliphatic carbocycles. The van der Waals surface area contributed by atoms with Gasteiger partial charge in [0.05, 0.1) is 0 Å². The molecule has 12 heavy (non-hydrogen) atoms. The van der Waals surface area contributed by atoms with Crippen LogP contribution in [0.5, 0.6) is 0 Å². The predicted molar refractivity (Wildman–Crippen MR) is 40.2 cm³/mol. The number of unbranched alkanes of at least 4 members (excludes halogenated alkanes) is 2. The van der Waals surface area contributed by atoms with Gasteiger partial charge in [-0.25, -0.2) is 0 Å². The summed E-state index contributed by atoms with van der Waals surface area (Å²) in [6.07, 6.45) is 3.73. The van der Waals surface area contributed by atoms with Crippen LogP contribution in [0.25, 0.3) is 0 Å². The third-order valence-electron chi connectivity index (χ3n) is 0.996. The Morgan fingerprint density at radius 2 is 1.17 bits per heavy atom. The Bertz CT molecular complexity index is 43.6. The summed E-state index contributed by atoms with van der Waals surface area (Å²) in [5.74, 6) is 0. The van der Waals surface area contributed by atoms with Crippen molar-refractivity contribution in [3.63, 3.8) is 0 Å². The van der Waals surface area contributed by atoms with Gasteiger partial charge in [0.2, 0.25) is 0 Å². The van der Waals surface area contributed by atoms with Gasteiger partial charge >= 0.3 is 21.0 Å². The third kappa shape index (κ3) is 48.1. The second-order valence-corrected chi connectivity index (χ2v) is 2.12. The second kappa shape index (κ2) is 30.2. The molecular formula is C8H18O3V. The van der Waals surface area contributed by atoms with Gasteiger partial charge in [-0.05, 0) is 0 Å². The summed E-state index contributed by atoms with van der Waals surface area (Å²) in [6.45, 7) is 4.21. The second-order valence-electron chi connectivity index (χ2n) is 2.12. The average Bonchev–Trinajstić information content (AvgIpc) is 2.12. The first-order chi connectivity index (χ1) is 5.83. The summed E-state index contributed by atoms with van der Waals surface area (Å²) in [5.41, 5.74) is 0. The van der Waals surface area contributed by atoms with E-state index < -0.39 is 0 Å². The first-order valence-corrected chi connectivity index (χ1v) is 4.74. The van der Waals surface area contributed by atoms with Crippen LogP contribution in [0.4, 0.5) is 0 Å². The fourth-order valence-corrected chi connectivity index (χ4v) is 0.289. The van der Waals surface area contributed by atoms with Gasteiger partial charge in [-0.3, -0.25) is 0 Å². The molecule has 0 rings (SSSR count). The molecular weight excluding hydrogens is 195 g/mol. The molecule has 0 aromatic rings. The third-order valence-corrected chi connectivity index (χ3v) is 0.996. The van der Waals surface area contributed by atoms with Crippen LogP contribution in [-0.4, -0.2) is 13.2 Å². The molecule has 0 N–H and O–H groups in total. The summed E-state index contributed by atoms with van der Waals surface area (Å²) < 4.78 is 8.19. The molecule has 0 saturated carbocycles. The number of hydrogen-bond donors (Lipinski definition) is 0. The minimum absolute atomic E-state index is 0.0938. The Balaban J connectivity index is -0.000000112. The SMILES string of the molecule is CCCC[O-].CCCC[O-].[O]=[V+2]. The van der Waals surface area contributed by atoms with Gasteiger partial charge in [0, 0.05) is 0 Å². The average molecular weight is 213 g/mol. The molecule has 0 fully saturated rings. The van der Waals surface area contributed by atoms with Gasteiger partial charge in [-0.1, -0.05) is 39.5 Å². The van der Waals surface area contributed by atoms with E-state index in [0.29, 0.717) is 0 Å². The van der Waals surface area contributed by atoms with Crippen molar-refractivity contribution < 1.29 is 31.3 Å².